The highest BCUT2D eigenvalue weighted by Gasteiger charge is 1.93. The van der Waals surface area contributed by atoms with Gasteiger partial charge in [0.25, 0.3) is 0 Å². The molecule has 0 bridgehead atoms. The van der Waals surface area contributed by atoms with Crippen LogP contribution >= 0.6 is 12.4 Å². The fourth-order valence-corrected chi connectivity index (χ4v) is 0.455. The van der Waals surface area contributed by atoms with E-state index in [4.69, 9.17) is 5.11 Å². The second-order valence-electron chi connectivity index (χ2n) is 2.04. The minimum absolute atomic E-state index is 0. The number of halogens is 1. The third-order valence-corrected chi connectivity index (χ3v) is 1.02. The van der Waals surface area contributed by atoms with Crippen LogP contribution < -0.4 is 5.32 Å². The minimum atomic E-state index is 0. The molecule has 0 aliphatic rings. The normalized spacial score (nSPS) is 12.3. The fraction of sp³-hybridized carbons (Fsp3) is 1.00. The minimum Gasteiger partial charge on any atom is -0.395 e. The molecular formula is C6H16ClNO. The molecule has 0 aromatic rings. The van der Waals surface area contributed by atoms with Crippen molar-refractivity contribution in [2.24, 2.45) is 0 Å². The van der Waals surface area contributed by atoms with E-state index in [0.717, 1.165) is 13.0 Å². The summed E-state index contributed by atoms with van der Waals surface area (Å²) in [5.74, 6) is 0. The smallest absolute Gasteiger partial charge is 0.0581 e. The number of hydrogen-bond acceptors (Lipinski definition) is 2. The summed E-state index contributed by atoms with van der Waals surface area (Å²) in [6.45, 7) is 5.31. The Hall–Kier alpha value is 0.210. The van der Waals surface area contributed by atoms with Crippen LogP contribution in [0.5, 0.6) is 0 Å². The van der Waals surface area contributed by atoms with E-state index < -0.39 is 0 Å². The third-order valence-electron chi connectivity index (χ3n) is 1.02. The van der Waals surface area contributed by atoms with E-state index in [-0.39, 0.29) is 25.1 Å². The molecule has 0 aromatic heterocycles. The van der Waals surface area contributed by atoms with Crippen molar-refractivity contribution in [3.63, 3.8) is 0 Å². The Balaban J connectivity index is 0. The maximum Gasteiger partial charge on any atom is 0.0581 e. The highest BCUT2D eigenvalue weighted by Crippen LogP contribution is 1.77. The number of aliphatic hydroxyl groups excluding tert-OH is 1. The fourth-order valence-electron chi connectivity index (χ4n) is 0.455. The van der Waals surface area contributed by atoms with Crippen molar-refractivity contribution in [2.45, 2.75) is 26.3 Å². The van der Waals surface area contributed by atoms with E-state index in [9.17, 15) is 0 Å². The van der Waals surface area contributed by atoms with Crippen LogP contribution in [0.1, 0.15) is 20.3 Å². The highest BCUT2D eigenvalue weighted by molar-refractivity contribution is 5.85. The van der Waals surface area contributed by atoms with Gasteiger partial charge in [-0.05, 0) is 19.9 Å². The van der Waals surface area contributed by atoms with E-state index in [1.807, 2.05) is 6.92 Å². The van der Waals surface area contributed by atoms with Crippen LogP contribution in [-0.4, -0.2) is 24.3 Å². The van der Waals surface area contributed by atoms with Crippen LogP contribution in [0.3, 0.4) is 0 Å². The van der Waals surface area contributed by atoms with Gasteiger partial charge in [0.2, 0.25) is 0 Å². The summed E-state index contributed by atoms with van der Waals surface area (Å²) in [7, 11) is 0. The van der Waals surface area contributed by atoms with Gasteiger partial charge in [-0.2, -0.15) is 0 Å². The van der Waals surface area contributed by atoms with Crippen molar-refractivity contribution in [3.05, 3.63) is 0 Å². The lowest BCUT2D eigenvalue weighted by atomic mass is 10.3. The molecule has 0 saturated carbocycles. The molecule has 0 amide bonds. The molecule has 0 fully saturated rings. The number of rotatable bonds is 4. The Morgan fingerprint density at radius 1 is 1.56 bits per heavy atom. The van der Waals surface area contributed by atoms with Gasteiger partial charge in [0.15, 0.2) is 0 Å². The monoisotopic (exact) mass is 153 g/mol. The van der Waals surface area contributed by atoms with Crippen LogP contribution in [0.15, 0.2) is 0 Å². The largest absolute Gasteiger partial charge is 0.395 e. The number of aliphatic hydroxyl groups is 1. The standard InChI is InChI=1S/C6H15NO.ClH/c1-3-4-7-6(2)5-8;/h6-8H,3-5H2,1-2H3;1H. The Morgan fingerprint density at radius 3 is 2.44 bits per heavy atom. The van der Waals surface area contributed by atoms with Crippen molar-refractivity contribution in [2.75, 3.05) is 13.2 Å². The van der Waals surface area contributed by atoms with Crippen LogP contribution in [0.4, 0.5) is 0 Å². The van der Waals surface area contributed by atoms with E-state index >= 15 is 0 Å². The van der Waals surface area contributed by atoms with Crippen LogP contribution in [0, 0.1) is 0 Å². The lowest BCUT2D eigenvalue weighted by Gasteiger charge is -2.07. The zero-order chi connectivity index (χ0) is 6.41. The maximum atomic E-state index is 8.50. The molecule has 0 rings (SSSR count). The number of hydrogen-bond donors (Lipinski definition) is 2. The Bertz CT molecular complexity index is 52.3. The topological polar surface area (TPSA) is 32.3 Å². The van der Waals surface area contributed by atoms with Crippen LogP contribution in [0.2, 0.25) is 0 Å². The molecule has 9 heavy (non-hydrogen) atoms. The average Bonchev–Trinajstić information content (AvgIpc) is 1.83. The SMILES string of the molecule is CCCNC(C)CO.Cl. The second kappa shape index (κ2) is 8.21. The van der Waals surface area contributed by atoms with Gasteiger partial charge in [-0.25, -0.2) is 0 Å². The molecule has 0 radical (unpaired) electrons. The quantitative estimate of drug-likeness (QED) is 0.626. The maximum absolute atomic E-state index is 8.50. The lowest BCUT2D eigenvalue weighted by Crippen LogP contribution is -2.29. The van der Waals surface area contributed by atoms with Gasteiger partial charge in [0.1, 0.15) is 0 Å². The molecule has 2 nitrogen and oxygen atoms in total. The van der Waals surface area contributed by atoms with Gasteiger partial charge in [0.05, 0.1) is 6.61 Å². The molecule has 0 heterocycles. The summed E-state index contributed by atoms with van der Waals surface area (Å²) in [6.07, 6.45) is 1.13. The lowest BCUT2D eigenvalue weighted by molar-refractivity contribution is 0.252. The molecule has 0 aliphatic heterocycles. The van der Waals surface area contributed by atoms with E-state index in [1.54, 1.807) is 0 Å². The molecule has 0 saturated heterocycles. The summed E-state index contributed by atoms with van der Waals surface area (Å²) in [5, 5.41) is 11.6. The molecular weight excluding hydrogens is 138 g/mol. The van der Waals surface area contributed by atoms with Gasteiger partial charge in [-0.1, -0.05) is 6.92 Å². The van der Waals surface area contributed by atoms with Crippen LogP contribution in [0.25, 0.3) is 0 Å². The van der Waals surface area contributed by atoms with Gasteiger partial charge in [-0.3, -0.25) is 0 Å². The summed E-state index contributed by atoms with van der Waals surface area (Å²) in [4.78, 5) is 0. The first kappa shape index (κ1) is 11.9. The van der Waals surface area contributed by atoms with Gasteiger partial charge in [-0.15, -0.1) is 12.4 Å². The van der Waals surface area contributed by atoms with Gasteiger partial charge >= 0.3 is 0 Å². The van der Waals surface area contributed by atoms with Crippen molar-refractivity contribution < 1.29 is 5.11 Å². The third kappa shape index (κ3) is 8.21. The summed E-state index contributed by atoms with van der Waals surface area (Å²) >= 11 is 0. The molecule has 58 valence electrons. The van der Waals surface area contributed by atoms with Gasteiger partial charge < -0.3 is 10.4 Å². The average molecular weight is 154 g/mol. The van der Waals surface area contributed by atoms with Crippen LogP contribution in [-0.2, 0) is 0 Å². The summed E-state index contributed by atoms with van der Waals surface area (Å²) in [6, 6.07) is 0.259. The van der Waals surface area contributed by atoms with Crippen molar-refractivity contribution >= 4 is 12.4 Å². The molecule has 0 spiro atoms. The van der Waals surface area contributed by atoms with Gasteiger partial charge in [0, 0.05) is 6.04 Å². The van der Waals surface area contributed by atoms with E-state index in [0.29, 0.717) is 0 Å². The first-order chi connectivity index (χ1) is 3.81. The predicted octanol–water partition coefficient (Wildman–Crippen LogP) is 0.789. The summed E-state index contributed by atoms with van der Waals surface area (Å²) in [5.41, 5.74) is 0. The van der Waals surface area contributed by atoms with E-state index in [1.165, 1.54) is 0 Å². The Labute approximate surface area is 63.1 Å². The molecule has 0 aromatic carbocycles. The Morgan fingerprint density at radius 2 is 2.11 bits per heavy atom. The van der Waals surface area contributed by atoms with Crippen molar-refractivity contribution in [1.82, 2.24) is 5.32 Å². The van der Waals surface area contributed by atoms with Crippen molar-refractivity contribution in [3.8, 4) is 0 Å². The number of nitrogens with one attached hydrogen (secondary N) is 1. The van der Waals surface area contributed by atoms with E-state index in [2.05, 4.69) is 12.2 Å². The first-order valence-electron chi connectivity index (χ1n) is 3.15. The molecule has 1 atom stereocenters. The first-order valence-corrected chi connectivity index (χ1v) is 3.15. The summed E-state index contributed by atoms with van der Waals surface area (Å²) < 4.78 is 0. The zero-order valence-electron chi connectivity index (χ0n) is 6.05. The molecule has 0 aliphatic carbocycles. The molecule has 3 heteroatoms. The van der Waals surface area contributed by atoms with Crippen molar-refractivity contribution in [1.29, 1.82) is 0 Å². The highest BCUT2D eigenvalue weighted by atomic mass is 35.5. The zero-order valence-corrected chi connectivity index (χ0v) is 6.87. The predicted molar refractivity (Wildman–Crippen MR) is 42.1 cm³/mol. The molecule has 2 N–H and O–H groups in total. The second-order valence-corrected chi connectivity index (χ2v) is 2.04. The molecule has 1 unspecified atom stereocenters. The Kier molecular flexibility index (Phi) is 10.9.